The standard InChI is InChI=1S/C23H20N8O2/c1-32-16-9-5-8-14(20(16)33-11-13-6-3-2-4-7-13)19-17-18(26)15(10-24)21(27)30-22(17)31-23(29-19)28-12-25/h2-9,19H,11H2,1H3,(H6,26,27,28,29,30,31). The molecule has 0 saturated heterocycles. The lowest BCUT2D eigenvalue weighted by molar-refractivity contribution is 0.280. The van der Waals surface area contributed by atoms with Crippen molar-refractivity contribution in [1.82, 2.24) is 10.3 Å². The van der Waals surface area contributed by atoms with Crippen LogP contribution in [-0.4, -0.2) is 18.1 Å². The number of ether oxygens (including phenoxy) is 2. The van der Waals surface area contributed by atoms with Crippen LogP contribution in [0.25, 0.3) is 0 Å². The normalized spacial score (nSPS) is 14.0. The number of methoxy groups -OCH3 is 1. The molecule has 33 heavy (non-hydrogen) atoms. The average Bonchev–Trinajstić information content (AvgIpc) is 2.83. The number of benzene rings is 2. The number of nitrogen functional groups attached to an aromatic ring is 2. The van der Waals surface area contributed by atoms with Gasteiger partial charge in [0.1, 0.15) is 35.9 Å². The van der Waals surface area contributed by atoms with Crippen molar-refractivity contribution >= 4 is 23.3 Å². The predicted molar refractivity (Wildman–Crippen MR) is 123 cm³/mol. The number of aliphatic imine (C=N–C) groups is 1. The maximum absolute atomic E-state index is 9.53. The fourth-order valence-electron chi connectivity index (χ4n) is 3.60. The van der Waals surface area contributed by atoms with E-state index in [1.54, 1.807) is 19.2 Å². The summed E-state index contributed by atoms with van der Waals surface area (Å²) in [6, 6.07) is 16.3. The first kappa shape index (κ1) is 21.3. The molecule has 0 fully saturated rings. The van der Waals surface area contributed by atoms with Crippen LogP contribution in [0.4, 0.5) is 17.3 Å². The first-order valence-corrected chi connectivity index (χ1v) is 9.89. The van der Waals surface area contributed by atoms with Crippen molar-refractivity contribution in [3.05, 3.63) is 70.8 Å². The second-order valence-corrected chi connectivity index (χ2v) is 7.05. The van der Waals surface area contributed by atoms with Crippen LogP contribution in [0.1, 0.15) is 28.3 Å². The minimum Gasteiger partial charge on any atom is -0.493 e. The van der Waals surface area contributed by atoms with E-state index in [0.29, 0.717) is 28.4 Å². The van der Waals surface area contributed by atoms with E-state index in [0.717, 1.165) is 5.56 Å². The van der Waals surface area contributed by atoms with E-state index < -0.39 is 6.04 Å². The summed E-state index contributed by atoms with van der Waals surface area (Å²) >= 11 is 0. The van der Waals surface area contributed by atoms with E-state index in [-0.39, 0.29) is 29.6 Å². The smallest absolute Gasteiger partial charge is 0.211 e. The first-order valence-electron chi connectivity index (χ1n) is 9.89. The van der Waals surface area contributed by atoms with Crippen LogP contribution in [0.2, 0.25) is 0 Å². The van der Waals surface area contributed by atoms with Crippen LogP contribution in [-0.2, 0) is 6.61 Å². The number of nitriles is 2. The average molecular weight is 440 g/mol. The number of para-hydroxylation sites is 1. The number of nitrogens with one attached hydrogen (secondary N) is 2. The van der Waals surface area contributed by atoms with Crippen LogP contribution in [0, 0.1) is 22.8 Å². The number of anilines is 3. The third-order valence-corrected chi connectivity index (χ3v) is 5.11. The van der Waals surface area contributed by atoms with Crippen LogP contribution < -0.4 is 31.6 Å². The van der Waals surface area contributed by atoms with Gasteiger partial charge in [-0.3, -0.25) is 5.32 Å². The molecule has 0 spiro atoms. The molecule has 164 valence electrons. The molecule has 1 aliphatic rings. The summed E-state index contributed by atoms with van der Waals surface area (Å²) in [5, 5.41) is 24.0. The molecule has 4 rings (SSSR count). The zero-order valence-corrected chi connectivity index (χ0v) is 17.7. The van der Waals surface area contributed by atoms with E-state index in [4.69, 9.17) is 26.2 Å². The molecule has 2 heterocycles. The summed E-state index contributed by atoms with van der Waals surface area (Å²) in [7, 11) is 1.54. The van der Waals surface area contributed by atoms with Crippen molar-refractivity contribution in [3.8, 4) is 23.8 Å². The molecule has 2 aromatic carbocycles. The third kappa shape index (κ3) is 4.01. The molecule has 1 unspecified atom stereocenters. The summed E-state index contributed by atoms with van der Waals surface area (Å²) in [5.74, 6) is 1.37. The molecule has 3 aromatic rings. The molecule has 0 aliphatic carbocycles. The monoisotopic (exact) mass is 440 g/mol. The maximum atomic E-state index is 9.53. The number of hydrogen-bond donors (Lipinski definition) is 4. The first-order chi connectivity index (χ1) is 16.1. The predicted octanol–water partition coefficient (Wildman–Crippen LogP) is 2.65. The largest absolute Gasteiger partial charge is 0.493 e. The fraction of sp³-hybridized carbons (Fsp3) is 0.130. The lowest BCUT2D eigenvalue weighted by Gasteiger charge is -2.27. The number of guanidine groups is 1. The quantitative estimate of drug-likeness (QED) is 0.344. The highest BCUT2D eigenvalue weighted by Crippen LogP contribution is 2.45. The zero-order valence-electron chi connectivity index (χ0n) is 17.7. The third-order valence-electron chi connectivity index (χ3n) is 5.11. The van der Waals surface area contributed by atoms with Crippen molar-refractivity contribution in [2.45, 2.75) is 12.6 Å². The zero-order chi connectivity index (χ0) is 23.4. The van der Waals surface area contributed by atoms with Crippen LogP contribution in [0.15, 0.2) is 53.5 Å². The summed E-state index contributed by atoms with van der Waals surface area (Å²) in [5.41, 5.74) is 14.5. The molecule has 0 amide bonds. The van der Waals surface area contributed by atoms with Crippen molar-refractivity contribution in [3.63, 3.8) is 0 Å². The second-order valence-electron chi connectivity index (χ2n) is 7.05. The minimum absolute atomic E-state index is 0.0237. The Morgan fingerprint density at radius 3 is 2.61 bits per heavy atom. The number of pyridine rings is 1. The Bertz CT molecular complexity index is 1310. The number of rotatable bonds is 5. The summed E-state index contributed by atoms with van der Waals surface area (Å²) in [4.78, 5) is 8.89. The SMILES string of the molecule is COc1cccc(C2N=C(NC#N)Nc3nc(N)c(C#N)c(N)c32)c1OCc1ccccc1. The van der Waals surface area contributed by atoms with Gasteiger partial charge in [-0.05, 0) is 11.6 Å². The van der Waals surface area contributed by atoms with E-state index >= 15 is 0 Å². The van der Waals surface area contributed by atoms with Crippen LogP contribution >= 0.6 is 0 Å². The molecule has 0 radical (unpaired) electrons. The van der Waals surface area contributed by atoms with Crippen molar-refractivity contribution in [1.29, 1.82) is 10.5 Å². The lowest BCUT2D eigenvalue weighted by Crippen LogP contribution is -2.33. The summed E-state index contributed by atoms with van der Waals surface area (Å²) in [6.45, 7) is 0.290. The van der Waals surface area contributed by atoms with Crippen molar-refractivity contribution in [2.75, 3.05) is 23.9 Å². The van der Waals surface area contributed by atoms with Gasteiger partial charge in [0, 0.05) is 11.1 Å². The molecule has 1 aromatic heterocycles. The lowest BCUT2D eigenvalue weighted by atomic mass is 9.94. The Balaban J connectivity index is 1.87. The van der Waals surface area contributed by atoms with E-state index in [2.05, 4.69) is 20.6 Å². The summed E-state index contributed by atoms with van der Waals surface area (Å²) in [6.07, 6.45) is 1.83. The molecule has 6 N–H and O–H groups in total. The summed E-state index contributed by atoms with van der Waals surface area (Å²) < 4.78 is 11.7. The maximum Gasteiger partial charge on any atom is 0.211 e. The van der Waals surface area contributed by atoms with E-state index in [1.165, 1.54) is 0 Å². The van der Waals surface area contributed by atoms with Gasteiger partial charge < -0.3 is 26.3 Å². The van der Waals surface area contributed by atoms with Gasteiger partial charge >= 0.3 is 0 Å². The van der Waals surface area contributed by atoms with Gasteiger partial charge in [-0.1, -0.05) is 42.5 Å². The molecule has 0 bridgehead atoms. The van der Waals surface area contributed by atoms with Gasteiger partial charge in [0.25, 0.3) is 0 Å². The van der Waals surface area contributed by atoms with Crippen LogP contribution in [0.5, 0.6) is 11.5 Å². The Labute approximate surface area is 190 Å². The van der Waals surface area contributed by atoms with Crippen molar-refractivity contribution < 1.29 is 9.47 Å². The highest BCUT2D eigenvalue weighted by atomic mass is 16.5. The van der Waals surface area contributed by atoms with Gasteiger partial charge in [0.05, 0.1) is 12.8 Å². The minimum atomic E-state index is -0.752. The van der Waals surface area contributed by atoms with Gasteiger partial charge in [0.2, 0.25) is 5.96 Å². The molecule has 1 atom stereocenters. The number of nitrogens with two attached hydrogens (primary N) is 2. The Hall–Kier alpha value is -4.96. The number of nitrogens with zero attached hydrogens (tertiary/aromatic N) is 4. The topological polar surface area (TPSA) is 167 Å². The molecule has 10 heteroatoms. The molecule has 10 nitrogen and oxygen atoms in total. The highest BCUT2D eigenvalue weighted by Gasteiger charge is 2.32. The molecule has 1 aliphatic heterocycles. The Morgan fingerprint density at radius 1 is 1.12 bits per heavy atom. The van der Waals surface area contributed by atoms with E-state index in [1.807, 2.05) is 48.7 Å². The van der Waals surface area contributed by atoms with Crippen LogP contribution in [0.3, 0.4) is 0 Å². The molecular formula is C23H20N8O2. The Kier molecular flexibility index (Phi) is 5.83. The number of aromatic nitrogens is 1. The second kappa shape index (κ2) is 9.04. The van der Waals surface area contributed by atoms with Gasteiger partial charge in [-0.25, -0.2) is 9.98 Å². The Morgan fingerprint density at radius 2 is 1.91 bits per heavy atom. The number of fused-ring (bicyclic) bond motifs is 1. The molecule has 0 saturated carbocycles. The van der Waals surface area contributed by atoms with E-state index in [9.17, 15) is 5.26 Å². The number of hydrogen-bond acceptors (Lipinski definition) is 10. The van der Waals surface area contributed by atoms with Crippen molar-refractivity contribution in [2.24, 2.45) is 4.99 Å². The van der Waals surface area contributed by atoms with Gasteiger partial charge in [-0.2, -0.15) is 10.5 Å². The fourth-order valence-corrected chi connectivity index (χ4v) is 3.60. The molecular weight excluding hydrogens is 420 g/mol. The van der Waals surface area contributed by atoms with Gasteiger partial charge in [0.15, 0.2) is 17.7 Å². The van der Waals surface area contributed by atoms with Gasteiger partial charge in [-0.15, -0.1) is 0 Å². The highest BCUT2D eigenvalue weighted by molar-refractivity contribution is 5.98.